The van der Waals surface area contributed by atoms with Crippen molar-refractivity contribution in [2.45, 2.75) is 13.0 Å². The summed E-state index contributed by atoms with van der Waals surface area (Å²) in [6.07, 6.45) is 1.93. The van der Waals surface area contributed by atoms with Crippen molar-refractivity contribution in [3.05, 3.63) is 30.5 Å². The fourth-order valence-corrected chi connectivity index (χ4v) is 2.25. The van der Waals surface area contributed by atoms with E-state index in [-0.39, 0.29) is 0 Å². The summed E-state index contributed by atoms with van der Waals surface area (Å²) in [7, 11) is 2.15. The zero-order valence-electron chi connectivity index (χ0n) is 9.57. The second-order valence-corrected chi connectivity index (χ2v) is 4.38. The molecule has 0 spiro atoms. The van der Waals surface area contributed by atoms with Crippen LogP contribution in [0.2, 0.25) is 0 Å². The number of fused-ring (bicyclic) bond motifs is 3. The molecule has 3 heteroatoms. The Bertz CT molecular complexity index is 536. The second-order valence-electron chi connectivity index (χ2n) is 4.38. The molecule has 3 nitrogen and oxygen atoms in total. The number of hydrogen-bond acceptors (Lipinski definition) is 3. The molecule has 1 aliphatic heterocycles. The second kappa shape index (κ2) is 3.37. The molecule has 0 aliphatic carbocycles. The lowest BCUT2D eigenvalue weighted by Gasteiger charge is -2.35. The SMILES string of the molecule is CC1CNc2cnc3ccccc3c2N1C. The third-order valence-corrected chi connectivity index (χ3v) is 3.35. The van der Waals surface area contributed by atoms with Crippen molar-refractivity contribution in [3.63, 3.8) is 0 Å². The molecule has 0 bridgehead atoms. The lowest BCUT2D eigenvalue weighted by molar-refractivity contribution is 0.701. The topological polar surface area (TPSA) is 28.2 Å². The van der Waals surface area contributed by atoms with Crippen LogP contribution in [0.25, 0.3) is 10.9 Å². The van der Waals surface area contributed by atoms with E-state index in [2.05, 4.69) is 47.4 Å². The van der Waals surface area contributed by atoms with Crippen molar-refractivity contribution in [2.75, 3.05) is 23.8 Å². The first-order chi connectivity index (χ1) is 7.77. The largest absolute Gasteiger partial charge is 0.380 e. The standard InChI is InChI=1S/C13H15N3/c1-9-7-14-12-8-15-11-6-4-3-5-10(11)13(12)16(9)2/h3-6,8-9,14H,7H2,1-2H3. The Balaban J connectivity index is 2.32. The number of likely N-dealkylation sites (N-methyl/N-ethyl adjacent to an activating group) is 1. The minimum atomic E-state index is 0.512. The Kier molecular flexibility index (Phi) is 1.99. The average molecular weight is 213 g/mol. The van der Waals surface area contributed by atoms with Gasteiger partial charge in [0.1, 0.15) is 0 Å². The minimum absolute atomic E-state index is 0.512. The average Bonchev–Trinajstić information content (AvgIpc) is 2.33. The van der Waals surface area contributed by atoms with Gasteiger partial charge in [0.05, 0.1) is 23.1 Å². The van der Waals surface area contributed by atoms with Crippen molar-refractivity contribution in [1.29, 1.82) is 0 Å². The highest BCUT2D eigenvalue weighted by molar-refractivity contribution is 5.98. The minimum Gasteiger partial charge on any atom is -0.380 e. The van der Waals surface area contributed by atoms with E-state index < -0.39 is 0 Å². The number of anilines is 2. The number of benzene rings is 1. The Hall–Kier alpha value is -1.77. The molecule has 0 saturated heterocycles. The number of para-hydroxylation sites is 1. The van der Waals surface area contributed by atoms with Crippen LogP contribution in [0, 0.1) is 0 Å². The van der Waals surface area contributed by atoms with E-state index in [0.29, 0.717) is 6.04 Å². The van der Waals surface area contributed by atoms with Gasteiger partial charge in [0, 0.05) is 25.0 Å². The van der Waals surface area contributed by atoms with Crippen LogP contribution in [-0.4, -0.2) is 24.6 Å². The van der Waals surface area contributed by atoms with Gasteiger partial charge in [-0.05, 0) is 13.0 Å². The van der Waals surface area contributed by atoms with Crippen molar-refractivity contribution >= 4 is 22.3 Å². The first-order valence-corrected chi connectivity index (χ1v) is 5.62. The molecule has 1 atom stereocenters. The number of hydrogen-bond donors (Lipinski definition) is 1. The van der Waals surface area contributed by atoms with E-state index in [4.69, 9.17) is 0 Å². The zero-order chi connectivity index (χ0) is 11.1. The highest BCUT2D eigenvalue weighted by atomic mass is 15.2. The molecule has 0 saturated carbocycles. The lowest BCUT2D eigenvalue weighted by Crippen LogP contribution is -2.39. The van der Waals surface area contributed by atoms with Gasteiger partial charge in [0.2, 0.25) is 0 Å². The smallest absolute Gasteiger partial charge is 0.0771 e. The first-order valence-electron chi connectivity index (χ1n) is 5.62. The van der Waals surface area contributed by atoms with Gasteiger partial charge in [-0.1, -0.05) is 18.2 Å². The number of aromatic nitrogens is 1. The van der Waals surface area contributed by atoms with Crippen LogP contribution >= 0.6 is 0 Å². The van der Waals surface area contributed by atoms with Gasteiger partial charge in [-0.25, -0.2) is 0 Å². The van der Waals surface area contributed by atoms with E-state index in [1.807, 2.05) is 12.3 Å². The summed E-state index contributed by atoms with van der Waals surface area (Å²) in [5, 5.41) is 4.65. The summed E-state index contributed by atoms with van der Waals surface area (Å²) in [4.78, 5) is 6.79. The molecule has 0 fully saturated rings. The normalized spacial score (nSPS) is 19.4. The van der Waals surface area contributed by atoms with Gasteiger partial charge in [-0.3, -0.25) is 4.98 Å². The fourth-order valence-electron chi connectivity index (χ4n) is 2.25. The number of nitrogens with zero attached hydrogens (tertiary/aromatic N) is 2. The molecule has 1 aromatic heterocycles. The Morgan fingerprint density at radius 2 is 2.19 bits per heavy atom. The Morgan fingerprint density at radius 1 is 1.38 bits per heavy atom. The summed E-state index contributed by atoms with van der Waals surface area (Å²) < 4.78 is 0. The number of pyridine rings is 1. The summed E-state index contributed by atoms with van der Waals surface area (Å²) in [5.41, 5.74) is 3.47. The molecule has 1 aliphatic rings. The van der Waals surface area contributed by atoms with Crippen molar-refractivity contribution in [3.8, 4) is 0 Å². The summed E-state index contributed by atoms with van der Waals surface area (Å²) in [5.74, 6) is 0. The van der Waals surface area contributed by atoms with Gasteiger partial charge in [-0.2, -0.15) is 0 Å². The van der Waals surface area contributed by atoms with E-state index >= 15 is 0 Å². The van der Waals surface area contributed by atoms with Crippen LogP contribution in [0.15, 0.2) is 30.5 Å². The van der Waals surface area contributed by atoms with Crippen LogP contribution in [-0.2, 0) is 0 Å². The van der Waals surface area contributed by atoms with Crippen LogP contribution < -0.4 is 10.2 Å². The maximum Gasteiger partial charge on any atom is 0.0771 e. The third kappa shape index (κ3) is 1.24. The Morgan fingerprint density at radius 3 is 3.06 bits per heavy atom. The van der Waals surface area contributed by atoms with Crippen LogP contribution in [0.5, 0.6) is 0 Å². The maximum atomic E-state index is 4.46. The third-order valence-electron chi connectivity index (χ3n) is 3.35. The van der Waals surface area contributed by atoms with Gasteiger partial charge in [0.25, 0.3) is 0 Å². The maximum absolute atomic E-state index is 4.46. The molecule has 1 N–H and O–H groups in total. The zero-order valence-corrected chi connectivity index (χ0v) is 9.57. The lowest BCUT2D eigenvalue weighted by atomic mass is 10.1. The molecule has 1 aromatic carbocycles. The Labute approximate surface area is 95.1 Å². The van der Waals surface area contributed by atoms with E-state index in [1.165, 1.54) is 11.1 Å². The fraction of sp³-hybridized carbons (Fsp3) is 0.308. The number of nitrogens with one attached hydrogen (secondary N) is 1. The molecular weight excluding hydrogens is 198 g/mol. The van der Waals surface area contributed by atoms with E-state index in [0.717, 1.165) is 17.7 Å². The quantitative estimate of drug-likeness (QED) is 0.728. The first kappa shape index (κ1) is 9.46. The molecule has 3 rings (SSSR count). The van der Waals surface area contributed by atoms with Crippen LogP contribution in [0.3, 0.4) is 0 Å². The summed E-state index contributed by atoms with van der Waals surface area (Å²) in [6.45, 7) is 3.20. The molecule has 2 heterocycles. The molecule has 1 unspecified atom stereocenters. The van der Waals surface area contributed by atoms with Crippen molar-refractivity contribution in [1.82, 2.24) is 4.98 Å². The van der Waals surface area contributed by atoms with Crippen molar-refractivity contribution < 1.29 is 0 Å². The summed E-state index contributed by atoms with van der Waals surface area (Å²) in [6, 6.07) is 8.80. The molecule has 0 radical (unpaired) electrons. The van der Waals surface area contributed by atoms with E-state index in [9.17, 15) is 0 Å². The highest BCUT2D eigenvalue weighted by Crippen LogP contribution is 2.35. The van der Waals surface area contributed by atoms with Gasteiger partial charge in [-0.15, -0.1) is 0 Å². The molecule has 82 valence electrons. The van der Waals surface area contributed by atoms with Gasteiger partial charge in [0.15, 0.2) is 0 Å². The van der Waals surface area contributed by atoms with Gasteiger partial charge < -0.3 is 10.2 Å². The van der Waals surface area contributed by atoms with Crippen LogP contribution in [0.4, 0.5) is 11.4 Å². The van der Waals surface area contributed by atoms with Crippen molar-refractivity contribution in [2.24, 2.45) is 0 Å². The monoisotopic (exact) mass is 213 g/mol. The van der Waals surface area contributed by atoms with E-state index in [1.54, 1.807) is 0 Å². The highest BCUT2D eigenvalue weighted by Gasteiger charge is 2.21. The van der Waals surface area contributed by atoms with Crippen LogP contribution in [0.1, 0.15) is 6.92 Å². The molecule has 2 aromatic rings. The molecule has 0 amide bonds. The predicted molar refractivity (Wildman–Crippen MR) is 68.1 cm³/mol. The molecule has 16 heavy (non-hydrogen) atoms. The predicted octanol–water partition coefficient (Wildman–Crippen LogP) is 2.49. The summed E-state index contributed by atoms with van der Waals surface area (Å²) >= 11 is 0. The number of rotatable bonds is 0. The van der Waals surface area contributed by atoms with Gasteiger partial charge >= 0.3 is 0 Å². The molecular formula is C13H15N3.